The largest absolute Gasteiger partial charge is 0.462 e. The number of nitrogens with zero attached hydrogens (tertiary/aromatic N) is 1. The Morgan fingerprint density at radius 3 is 2.14 bits per heavy atom. The lowest BCUT2D eigenvalue weighted by atomic mass is 10.0. The van der Waals surface area contributed by atoms with E-state index in [1.165, 1.54) is 11.3 Å². The molecule has 3 aromatic rings. The highest BCUT2D eigenvalue weighted by Crippen LogP contribution is 2.37. The first-order valence-electron chi connectivity index (χ1n) is 11.5. The molecule has 1 N–H and O–H groups in total. The molecule has 2 heterocycles. The number of imide groups is 1. The van der Waals surface area contributed by atoms with Crippen molar-refractivity contribution < 1.29 is 23.9 Å². The zero-order chi connectivity index (χ0) is 25.1. The van der Waals surface area contributed by atoms with Crippen LogP contribution in [0.1, 0.15) is 58.3 Å². The van der Waals surface area contributed by atoms with Gasteiger partial charge in [-0.15, -0.1) is 11.3 Å². The Morgan fingerprint density at radius 1 is 0.971 bits per heavy atom. The molecule has 0 aliphatic carbocycles. The van der Waals surface area contributed by atoms with Crippen LogP contribution < -0.4 is 5.32 Å². The average molecular weight is 491 g/mol. The molecule has 1 aromatic heterocycles. The molecule has 8 heteroatoms. The zero-order valence-electron chi connectivity index (χ0n) is 19.7. The number of thiophene rings is 1. The lowest BCUT2D eigenvalue weighted by Crippen LogP contribution is -2.48. The van der Waals surface area contributed by atoms with Gasteiger partial charge < -0.3 is 10.1 Å². The monoisotopic (exact) mass is 490 g/mol. The summed E-state index contributed by atoms with van der Waals surface area (Å²) in [6.07, 6.45) is 0.281. The van der Waals surface area contributed by atoms with E-state index in [0.717, 1.165) is 15.3 Å². The highest BCUT2D eigenvalue weighted by Gasteiger charge is 2.43. The molecule has 0 fully saturated rings. The molecule has 0 bridgehead atoms. The van der Waals surface area contributed by atoms with Crippen molar-refractivity contribution in [2.45, 2.75) is 33.2 Å². The van der Waals surface area contributed by atoms with E-state index >= 15 is 0 Å². The summed E-state index contributed by atoms with van der Waals surface area (Å²) in [6.45, 7) is 5.73. The van der Waals surface area contributed by atoms with Gasteiger partial charge in [-0.05, 0) is 43.0 Å². The highest BCUT2D eigenvalue weighted by atomic mass is 32.1. The van der Waals surface area contributed by atoms with Crippen molar-refractivity contribution in [3.63, 3.8) is 0 Å². The van der Waals surface area contributed by atoms with E-state index in [9.17, 15) is 19.2 Å². The van der Waals surface area contributed by atoms with Gasteiger partial charge in [-0.25, -0.2) is 4.79 Å². The van der Waals surface area contributed by atoms with Gasteiger partial charge in [-0.3, -0.25) is 19.3 Å². The maximum absolute atomic E-state index is 13.6. The standard InChI is InChI=1S/C27H26N2O5S/c1-4-34-27(33)20-15-22(17-10-6-5-7-11-17)35-24(20)28-23(30)21(14-16(2)3)29-25(31)18-12-8-9-13-19(18)26(29)32/h5-13,15-16,21H,4,14H2,1-3H3,(H,28,30). The number of amides is 3. The molecule has 0 saturated carbocycles. The van der Waals surface area contributed by atoms with Crippen LogP contribution in [0.2, 0.25) is 0 Å². The molecule has 0 spiro atoms. The van der Waals surface area contributed by atoms with E-state index in [1.807, 2.05) is 44.2 Å². The Bertz CT molecular complexity index is 1250. The first-order chi connectivity index (χ1) is 16.8. The molecular weight excluding hydrogens is 464 g/mol. The van der Waals surface area contributed by atoms with Crippen LogP contribution in [0.5, 0.6) is 0 Å². The van der Waals surface area contributed by atoms with Gasteiger partial charge >= 0.3 is 5.97 Å². The molecule has 35 heavy (non-hydrogen) atoms. The third-order valence-corrected chi connectivity index (χ3v) is 6.76. The Balaban J connectivity index is 1.68. The lowest BCUT2D eigenvalue weighted by molar-refractivity contribution is -0.120. The van der Waals surface area contributed by atoms with Crippen LogP contribution in [0.4, 0.5) is 5.00 Å². The third kappa shape index (κ3) is 4.88. The van der Waals surface area contributed by atoms with E-state index in [1.54, 1.807) is 37.3 Å². The van der Waals surface area contributed by atoms with Crippen LogP contribution in [-0.4, -0.2) is 41.2 Å². The summed E-state index contributed by atoms with van der Waals surface area (Å²) in [5, 5.41) is 3.14. The number of hydrogen-bond donors (Lipinski definition) is 1. The molecule has 2 aromatic carbocycles. The molecule has 1 aliphatic heterocycles. The van der Waals surface area contributed by atoms with E-state index < -0.39 is 29.7 Å². The van der Waals surface area contributed by atoms with Crippen molar-refractivity contribution in [1.82, 2.24) is 4.90 Å². The van der Waals surface area contributed by atoms with Crippen molar-refractivity contribution in [1.29, 1.82) is 0 Å². The molecule has 3 amide bonds. The lowest BCUT2D eigenvalue weighted by Gasteiger charge is -2.26. The van der Waals surface area contributed by atoms with Crippen LogP contribution in [-0.2, 0) is 9.53 Å². The Labute approximate surface area is 207 Å². The first kappa shape index (κ1) is 24.3. The Morgan fingerprint density at radius 2 is 1.57 bits per heavy atom. The third-order valence-electron chi connectivity index (χ3n) is 5.66. The van der Waals surface area contributed by atoms with Gasteiger partial charge in [-0.2, -0.15) is 0 Å². The van der Waals surface area contributed by atoms with Gasteiger partial charge in [0.25, 0.3) is 11.8 Å². The number of hydrogen-bond acceptors (Lipinski definition) is 6. The second kappa shape index (κ2) is 10.2. The number of carbonyl (C=O) groups is 4. The van der Waals surface area contributed by atoms with Crippen molar-refractivity contribution >= 4 is 40.0 Å². The molecule has 0 saturated heterocycles. The van der Waals surface area contributed by atoms with Gasteiger partial charge in [0.1, 0.15) is 11.0 Å². The molecule has 4 rings (SSSR count). The van der Waals surface area contributed by atoms with Gasteiger partial charge in [0, 0.05) is 4.88 Å². The van der Waals surface area contributed by atoms with Gasteiger partial charge in [0.2, 0.25) is 5.91 Å². The number of fused-ring (bicyclic) bond motifs is 1. The summed E-state index contributed by atoms with van der Waals surface area (Å²) >= 11 is 1.24. The maximum Gasteiger partial charge on any atom is 0.341 e. The average Bonchev–Trinajstić information content (AvgIpc) is 3.37. The number of benzene rings is 2. The zero-order valence-corrected chi connectivity index (χ0v) is 20.6. The predicted octanol–water partition coefficient (Wildman–Crippen LogP) is 5.24. The van der Waals surface area contributed by atoms with E-state index in [2.05, 4.69) is 5.32 Å². The number of carbonyl (C=O) groups excluding carboxylic acids is 4. The molecule has 7 nitrogen and oxygen atoms in total. The molecule has 1 unspecified atom stereocenters. The van der Waals surface area contributed by atoms with Crippen LogP contribution in [0.15, 0.2) is 60.7 Å². The summed E-state index contributed by atoms with van der Waals surface area (Å²) in [4.78, 5) is 54.2. The molecule has 0 radical (unpaired) electrons. The smallest absolute Gasteiger partial charge is 0.341 e. The highest BCUT2D eigenvalue weighted by molar-refractivity contribution is 7.20. The fraction of sp³-hybridized carbons (Fsp3) is 0.259. The minimum atomic E-state index is -1.03. The fourth-order valence-corrected chi connectivity index (χ4v) is 5.11. The Hall–Kier alpha value is -3.78. The summed E-state index contributed by atoms with van der Waals surface area (Å²) in [5.41, 5.74) is 1.69. The van der Waals surface area contributed by atoms with Crippen LogP contribution in [0, 0.1) is 5.92 Å². The van der Waals surface area contributed by atoms with E-state index in [-0.39, 0.29) is 35.6 Å². The molecule has 1 atom stereocenters. The second-order valence-corrected chi connectivity index (χ2v) is 9.65. The summed E-state index contributed by atoms with van der Waals surface area (Å²) in [6, 6.07) is 16.7. The number of esters is 1. The van der Waals surface area contributed by atoms with E-state index in [0.29, 0.717) is 5.00 Å². The minimum absolute atomic E-state index is 0.0304. The van der Waals surface area contributed by atoms with Gasteiger partial charge in [0.15, 0.2) is 0 Å². The van der Waals surface area contributed by atoms with Crippen LogP contribution in [0.25, 0.3) is 10.4 Å². The van der Waals surface area contributed by atoms with Gasteiger partial charge in [-0.1, -0.05) is 56.3 Å². The second-order valence-electron chi connectivity index (χ2n) is 8.60. The number of nitrogens with one attached hydrogen (secondary N) is 1. The number of rotatable bonds is 8. The number of ether oxygens (including phenoxy) is 1. The first-order valence-corrected chi connectivity index (χ1v) is 12.3. The Kier molecular flexibility index (Phi) is 7.12. The molecular formula is C27H26N2O5S. The van der Waals surface area contributed by atoms with Crippen LogP contribution in [0.3, 0.4) is 0 Å². The van der Waals surface area contributed by atoms with Crippen molar-refractivity contribution in [3.8, 4) is 10.4 Å². The topological polar surface area (TPSA) is 92.8 Å². The van der Waals surface area contributed by atoms with E-state index in [4.69, 9.17) is 4.74 Å². The van der Waals surface area contributed by atoms with Crippen molar-refractivity contribution in [3.05, 3.63) is 77.4 Å². The SMILES string of the molecule is CCOC(=O)c1cc(-c2ccccc2)sc1NC(=O)C(CC(C)C)N1C(=O)c2ccccc2C1=O. The normalized spacial score (nSPS) is 13.7. The predicted molar refractivity (Wildman–Crippen MR) is 135 cm³/mol. The summed E-state index contributed by atoms with van der Waals surface area (Å²) in [7, 11) is 0. The van der Waals surface area contributed by atoms with Crippen molar-refractivity contribution in [2.75, 3.05) is 11.9 Å². The van der Waals surface area contributed by atoms with Crippen LogP contribution >= 0.6 is 11.3 Å². The molecule has 1 aliphatic rings. The van der Waals surface area contributed by atoms with Crippen molar-refractivity contribution in [2.24, 2.45) is 5.92 Å². The van der Waals surface area contributed by atoms with Gasteiger partial charge in [0.05, 0.1) is 23.3 Å². The summed E-state index contributed by atoms with van der Waals surface area (Å²) < 4.78 is 5.20. The number of anilines is 1. The maximum atomic E-state index is 13.6. The molecule has 180 valence electrons. The summed E-state index contributed by atoms with van der Waals surface area (Å²) in [5.74, 6) is -2.04. The fourth-order valence-electron chi connectivity index (χ4n) is 4.05. The quantitative estimate of drug-likeness (QED) is 0.344. The minimum Gasteiger partial charge on any atom is -0.462 e.